The molecule has 3 saturated heterocycles. The van der Waals surface area contributed by atoms with Crippen molar-refractivity contribution in [1.82, 2.24) is 19.9 Å². The molecule has 10 heteroatoms. The number of anilines is 1. The number of pyridine rings is 1. The molecule has 3 aliphatic heterocycles. The molecule has 3 atom stereocenters. The second-order valence-electron chi connectivity index (χ2n) is 13.5. The van der Waals surface area contributed by atoms with Crippen LogP contribution in [0.25, 0.3) is 32.9 Å². The van der Waals surface area contributed by atoms with Gasteiger partial charge in [0, 0.05) is 37.8 Å². The molecule has 230 valence electrons. The van der Waals surface area contributed by atoms with Crippen LogP contribution in [0.15, 0.2) is 30.5 Å². The van der Waals surface area contributed by atoms with Gasteiger partial charge < -0.3 is 19.8 Å². The number of nitrogens with zero attached hydrogens (tertiary/aromatic N) is 5. The first-order valence-corrected chi connectivity index (χ1v) is 15.8. The summed E-state index contributed by atoms with van der Waals surface area (Å²) in [5.41, 5.74) is 1.79. The largest absolute Gasteiger partial charge is 0.508 e. The van der Waals surface area contributed by atoms with Gasteiger partial charge in [0.25, 0.3) is 0 Å². The molecule has 0 radical (unpaired) electrons. The minimum Gasteiger partial charge on any atom is -0.508 e. The number of aliphatic hydroxyl groups is 1. The molecule has 5 heterocycles. The molecule has 4 aromatic rings. The highest BCUT2D eigenvalue weighted by molar-refractivity contribution is 6.02. The van der Waals surface area contributed by atoms with Crippen LogP contribution in [-0.4, -0.2) is 80.2 Å². The van der Waals surface area contributed by atoms with E-state index < -0.39 is 23.1 Å². The summed E-state index contributed by atoms with van der Waals surface area (Å²) in [5, 5.41) is 23.7. The van der Waals surface area contributed by atoms with Crippen LogP contribution in [0.5, 0.6) is 11.8 Å². The quantitative estimate of drug-likeness (QED) is 0.311. The SMILES string of the molecule is CC1(O)CCCN(c2nc(OCC34CCCN3C[C@H](F)C4)nc3c(F)c(-c4cc(O)cc5ccc6c(c45)CCC6)ncc23)C1. The van der Waals surface area contributed by atoms with Gasteiger partial charge in [-0.3, -0.25) is 9.88 Å². The topological polar surface area (TPSA) is 94.8 Å². The van der Waals surface area contributed by atoms with Crippen molar-refractivity contribution in [2.45, 2.75) is 75.6 Å². The van der Waals surface area contributed by atoms with Crippen LogP contribution in [0, 0.1) is 5.82 Å². The zero-order valence-electron chi connectivity index (χ0n) is 25.0. The molecule has 0 spiro atoms. The van der Waals surface area contributed by atoms with Gasteiger partial charge in [-0.05, 0) is 92.4 Å². The number of aromatic nitrogens is 3. The first-order chi connectivity index (χ1) is 21.2. The highest BCUT2D eigenvalue weighted by Gasteiger charge is 2.49. The van der Waals surface area contributed by atoms with E-state index in [2.05, 4.69) is 20.9 Å². The number of hydrogen-bond acceptors (Lipinski definition) is 8. The van der Waals surface area contributed by atoms with Crippen molar-refractivity contribution < 1.29 is 23.7 Å². The third-order valence-corrected chi connectivity index (χ3v) is 10.3. The van der Waals surface area contributed by atoms with Gasteiger partial charge in [0.1, 0.15) is 35.6 Å². The minimum absolute atomic E-state index is 0.0268. The number of ether oxygens (including phenoxy) is 1. The third-order valence-electron chi connectivity index (χ3n) is 10.3. The number of rotatable bonds is 5. The van der Waals surface area contributed by atoms with Crippen LogP contribution in [-0.2, 0) is 12.8 Å². The van der Waals surface area contributed by atoms with Crippen LogP contribution in [0.4, 0.5) is 14.6 Å². The van der Waals surface area contributed by atoms with Gasteiger partial charge in [0.05, 0.1) is 16.5 Å². The number of halogens is 2. The molecule has 0 saturated carbocycles. The highest BCUT2D eigenvalue weighted by atomic mass is 19.1. The number of fused-ring (bicyclic) bond motifs is 5. The Kier molecular flexibility index (Phi) is 6.47. The summed E-state index contributed by atoms with van der Waals surface area (Å²) < 4.78 is 37.5. The van der Waals surface area contributed by atoms with Crippen molar-refractivity contribution in [3.63, 3.8) is 0 Å². The molecule has 8 rings (SSSR count). The fourth-order valence-corrected chi connectivity index (χ4v) is 8.29. The van der Waals surface area contributed by atoms with Gasteiger partial charge in [0.2, 0.25) is 0 Å². The Morgan fingerprint density at radius 3 is 2.82 bits per heavy atom. The van der Waals surface area contributed by atoms with Crippen LogP contribution in [0.1, 0.15) is 56.6 Å². The van der Waals surface area contributed by atoms with E-state index in [0.29, 0.717) is 49.2 Å². The molecule has 4 aliphatic rings. The van der Waals surface area contributed by atoms with Crippen molar-refractivity contribution in [3.05, 3.63) is 47.4 Å². The maximum absolute atomic E-state index is 16.8. The number of alkyl halides is 1. The van der Waals surface area contributed by atoms with Crippen molar-refractivity contribution in [3.8, 4) is 23.0 Å². The van der Waals surface area contributed by atoms with Crippen LogP contribution >= 0.6 is 0 Å². The third kappa shape index (κ3) is 4.56. The van der Waals surface area contributed by atoms with Gasteiger partial charge in [-0.1, -0.05) is 12.1 Å². The van der Waals surface area contributed by atoms with Crippen LogP contribution in [0.3, 0.4) is 0 Å². The zero-order valence-corrected chi connectivity index (χ0v) is 25.0. The van der Waals surface area contributed by atoms with E-state index in [9.17, 15) is 14.6 Å². The predicted molar refractivity (Wildman–Crippen MR) is 165 cm³/mol. The molecule has 2 aromatic carbocycles. The number of aromatic hydroxyl groups is 1. The Morgan fingerprint density at radius 2 is 1.95 bits per heavy atom. The van der Waals surface area contributed by atoms with E-state index in [0.717, 1.165) is 55.8 Å². The fourth-order valence-electron chi connectivity index (χ4n) is 8.29. The minimum atomic E-state index is -0.924. The summed E-state index contributed by atoms with van der Waals surface area (Å²) in [5.74, 6) is -0.120. The number of hydrogen-bond donors (Lipinski definition) is 2. The van der Waals surface area contributed by atoms with Crippen molar-refractivity contribution in [1.29, 1.82) is 0 Å². The van der Waals surface area contributed by atoms with E-state index in [1.807, 2.05) is 11.0 Å². The molecule has 44 heavy (non-hydrogen) atoms. The standard InChI is InChI=1S/C34H37F2N5O3/c1-33(43)9-3-11-40(18-33)31-26-16-37-29(25-14-23(42)13-21-8-7-20-5-2-6-24(20)27(21)25)28(36)30(26)38-32(39-31)44-19-34-10-4-12-41(34)17-22(35)15-34/h7-8,13-14,16,22,42-43H,2-6,9-12,15,17-19H2,1H3/t22-,33?,34?/m1/s1. The Bertz CT molecular complexity index is 1800. The molecule has 3 fully saturated rings. The van der Waals surface area contributed by atoms with Gasteiger partial charge in [-0.2, -0.15) is 9.97 Å². The number of piperidine rings is 1. The van der Waals surface area contributed by atoms with E-state index >= 15 is 4.39 Å². The number of phenolic OH excluding ortho intramolecular Hbond substituents is 1. The highest BCUT2D eigenvalue weighted by Crippen LogP contribution is 2.43. The molecule has 2 aromatic heterocycles. The summed E-state index contributed by atoms with van der Waals surface area (Å²) in [7, 11) is 0. The fraction of sp³-hybridized carbons (Fsp3) is 0.500. The number of aryl methyl sites for hydroxylation is 2. The van der Waals surface area contributed by atoms with Gasteiger partial charge in [0.15, 0.2) is 5.82 Å². The summed E-state index contributed by atoms with van der Waals surface area (Å²) >= 11 is 0. The molecule has 8 nitrogen and oxygen atoms in total. The molecular formula is C34H37F2N5O3. The Balaban J connectivity index is 1.27. The lowest BCUT2D eigenvalue weighted by atomic mass is 9.93. The van der Waals surface area contributed by atoms with Crippen LogP contribution < -0.4 is 9.64 Å². The molecular weight excluding hydrogens is 564 g/mol. The average molecular weight is 602 g/mol. The lowest BCUT2D eigenvalue weighted by Crippen LogP contribution is -2.46. The van der Waals surface area contributed by atoms with E-state index in [1.54, 1.807) is 25.3 Å². The van der Waals surface area contributed by atoms with Gasteiger partial charge in [-0.25, -0.2) is 8.78 Å². The van der Waals surface area contributed by atoms with E-state index in [-0.39, 0.29) is 29.6 Å². The molecule has 2 unspecified atom stereocenters. The number of phenols is 1. The molecule has 2 N–H and O–H groups in total. The lowest BCUT2D eigenvalue weighted by molar-refractivity contribution is 0.0447. The summed E-state index contributed by atoms with van der Waals surface area (Å²) in [4.78, 5) is 18.1. The average Bonchev–Trinajstić information content (AvgIpc) is 3.69. The Labute approximate surface area is 254 Å². The van der Waals surface area contributed by atoms with E-state index in [1.165, 1.54) is 11.1 Å². The van der Waals surface area contributed by atoms with Crippen molar-refractivity contribution >= 4 is 27.5 Å². The first kappa shape index (κ1) is 27.9. The second kappa shape index (κ2) is 10.2. The predicted octanol–water partition coefficient (Wildman–Crippen LogP) is 5.48. The van der Waals surface area contributed by atoms with Gasteiger partial charge >= 0.3 is 6.01 Å². The van der Waals surface area contributed by atoms with Gasteiger partial charge in [-0.15, -0.1) is 0 Å². The first-order valence-electron chi connectivity index (χ1n) is 15.8. The zero-order chi connectivity index (χ0) is 30.2. The Morgan fingerprint density at radius 1 is 1.09 bits per heavy atom. The number of benzene rings is 2. The smallest absolute Gasteiger partial charge is 0.319 e. The Hall–Kier alpha value is -3.63. The van der Waals surface area contributed by atoms with Crippen LogP contribution in [0.2, 0.25) is 0 Å². The monoisotopic (exact) mass is 601 g/mol. The molecule has 0 bridgehead atoms. The summed E-state index contributed by atoms with van der Waals surface area (Å²) in [6, 6.07) is 7.39. The molecule has 0 amide bonds. The normalized spacial score (nSPS) is 26.9. The summed E-state index contributed by atoms with van der Waals surface area (Å²) in [6.45, 7) is 4.22. The summed E-state index contributed by atoms with van der Waals surface area (Å²) in [6.07, 6.45) is 7.21. The van der Waals surface area contributed by atoms with Crippen molar-refractivity contribution in [2.75, 3.05) is 37.7 Å². The lowest BCUT2D eigenvalue weighted by Gasteiger charge is -2.38. The number of β-amino-alcohol motifs (C(OH)–C–C–N with tert-alkyl or cyclic N) is 1. The molecule has 1 aliphatic carbocycles. The maximum atomic E-state index is 16.8. The maximum Gasteiger partial charge on any atom is 0.319 e. The van der Waals surface area contributed by atoms with Crippen molar-refractivity contribution in [2.24, 2.45) is 0 Å². The van der Waals surface area contributed by atoms with E-state index in [4.69, 9.17) is 9.72 Å². The second-order valence-corrected chi connectivity index (χ2v) is 13.5.